The van der Waals surface area contributed by atoms with Gasteiger partial charge in [-0.25, -0.2) is 0 Å². The summed E-state index contributed by atoms with van der Waals surface area (Å²) in [4.78, 5) is 18.7. The molecule has 7 heteroatoms. The fourth-order valence-electron chi connectivity index (χ4n) is 2.85. The number of nitrogens with zero attached hydrogens (tertiary/aromatic N) is 3. The fraction of sp³-hybridized carbons (Fsp3) is 0.500. The molecule has 134 valence electrons. The molecule has 2 aromatic rings. The third-order valence-corrected chi connectivity index (χ3v) is 4.59. The number of rotatable bonds is 5. The van der Waals surface area contributed by atoms with Crippen molar-refractivity contribution >= 4 is 11.6 Å². The molecule has 3 rings (SSSR count). The van der Waals surface area contributed by atoms with E-state index < -0.39 is 5.60 Å². The van der Waals surface area contributed by atoms with E-state index in [-0.39, 0.29) is 11.8 Å². The lowest BCUT2D eigenvalue weighted by Crippen LogP contribution is -2.25. The topological polar surface area (TPSA) is 77.7 Å². The van der Waals surface area contributed by atoms with Crippen molar-refractivity contribution in [3.05, 3.63) is 35.5 Å². The Bertz CT molecular complexity index is 784. The van der Waals surface area contributed by atoms with Gasteiger partial charge in [0.05, 0.1) is 18.7 Å². The maximum absolute atomic E-state index is 12.6. The van der Waals surface area contributed by atoms with E-state index >= 15 is 0 Å². The first kappa shape index (κ1) is 17.4. The maximum atomic E-state index is 12.6. The molecule has 0 spiro atoms. The number of amides is 1. The van der Waals surface area contributed by atoms with Crippen LogP contribution in [0.3, 0.4) is 0 Å². The van der Waals surface area contributed by atoms with E-state index in [0.29, 0.717) is 30.4 Å². The summed E-state index contributed by atoms with van der Waals surface area (Å²) < 4.78 is 16.2. The molecular weight excluding hydrogens is 322 g/mol. The summed E-state index contributed by atoms with van der Waals surface area (Å²) in [5, 5.41) is 4.01. The van der Waals surface area contributed by atoms with Gasteiger partial charge in [0.1, 0.15) is 11.4 Å². The van der Waals surface area contributed by atoms with E-state index in [1.807, 2.05) is 39.0 Å². The lowest BCUT2D eigenvalue weighted by atomic mass is 10.1. The van der Waals surface area contributed by atoms with Crippen LogP contribution in [0.25, 0.3) is 0 Å². The van der Waals surface area contributed by atoms with Crippen molar-refractivity contribution in [1.29, 1.82) is 0 Å². The van der Waals surface area contributed by atoms with Gasteiger partial charge in [0.2, 0.25) is 17.6 Å². The predicted octanol–water partition coefficient (Wildman–Crippen LogP) is 2.79. The predicted molar refractivity (Wildman–Crippen MR) is 91.8 cm³/mol. The van der Waals surface area contributed by atoms with Gasteiger partial charge in [0, 0.05) is 20.1 Å². The summed E-state index contributed by atoms with van der Waals surface area (Å²) >= 11 is 0. The van der Waals surface area contributed by atoms with Crippen LogP contribution in [0.4, 0.5) is 5.69 Å². The van der Waals surface area contributed by atoms with E-state index in [0.717, 1.165) is 11.3 Å². The molecular formula is C18H23N3O4. The number of anilines is 1. The zero-order valence-electron chi connectivity index (χ0n) is 15.2. The molecule has 0 bridgehead atoms. The largest absolute Gasteiger partial charge is 0.495 e. The van der Waals surface area contributed by atoms with Crippen LogP contribution >= 0.6 is 0 Å². The Kier molecular flexibility index (Phi) is 4.51. The Morgan fingerprint density at radius 1 is 1.32 bits per heavy atom. The number of benzene rings is 1. The fourth-order valence-corrected chi connectivity index (χ4v) is 2.85. The molecule has 1 saturated heterocycles. The molecule has 0 radical (unpaired) electrons. The standard InChI is InChI=1S/C18H23N3O4/c1-11-6-7-14(23-4)13(8-11)21-10-12(9-15(21)22)16-19-17(20-25-16)18(2,3)24-5/h6-8,12H,9-10H2,1-5H3/t12-/m1/s1. The van der Waals surface area contributed by atoms with E-state index in [4.69, 9.17) is 14.0 Å². The minimum atomic E-state index is -0.635. The van der Waals surface area contributed by atoms with Crippen molar-refractivity contribution in [1.82, 2.24) is 10.1 Å². The highest BCUT2D eigenvalue weighted by Gasteiger charge is 2.37. The highest BCUT2D eigenvalue weighted by Crippen LogP contribution is 2.37. The number of hydrogen-bond donors (Lipinski definition) is 0. The van der Waals surface area contributed by atoms with Crippen LogP contribution < -0.4 is 9.64 Å². The van der Waals surface area contributed by atoms with Crippen LogP contribution in [0.15, 0.2) is 22.7 Å². The highest BCUT2D eigenvalue weighted by molar-refractivity contribution is 5.97. The van der Waals surface area contributed by atoms with E-state index in [2.05, 4.69) is 10.1 Å². The number of ether oxygens (including phenoxy) is 2. The van der Waals surface area contributed by atoms with Crippen LogP contribution in [-0.4, -0.2) is 36.8 Å². The average Bonchev–Trinajstić information content (AvgIpc) is 3.22. The van der Waals surface area contributed by atoms with Gasteiger partial charge in [-0.05, 0) is 38.5 Å². The van der Waals surface area contributed by atoms with Gasteiger partial charge < -0.3 is 18.9 Å². The van der Waals surface area contributed by atoms with E-state index in [1.165, 1.54) is 0 Å². The lowest BCUT2D eigenvalue weighted by Gasteiger charge is -2.19. The number of methoxy groups -OCH3 is 2. The Morgan fingerprint density at radius 2 is 2.08 bits per heavy atom. The van der Waals surface area contributed by atoms with Gasteiger partial charge in [0.25, 0.3) is 0 Å². The zero-order valence-corrected chi connectivity index (χ0v) is 15.2. The second-order valence-electron chi connectivity index (χ2n) is 6.75. The molecule has 1 aromatic carbocycles. The Morgan fingerprint density at radius 3 is 2.76 bits per heavy atom. The highest BCUT2D eigenvalue weighted by atomic mass is 16.5. The molecule has 1 aliphatic heterocycles. The first-order valence-corrected chi connectivity index (χ1v) is 8.20. The number of carbonyl (C=O) groups excluding carboxylic acids is 1. The summed E-state index contributed by atoms with van der Waals surface area (Å²) in [5.74, 6) is 1.48. The average molecular weight is 345 g/mol. The number of carbonyl (C=O) groups is 1. The summed E-state index contributed by atoms with van der Waals surface area (Å²) in [6.07, 6.45) is 0.326. The second kappa shape index (κ2) is 6.48. The van der Waals surface area contributed by atoms with Crippen molar-refractivity contribution in [2.45, 2.75) is 38.7 Å². The smallest absolute Gasteiger partial charge is 0.232 e. The first-order valence-electron chi connectivity index (χ1n) is 8.20. The van der Waals surface area contributed by atoms with Crippen LogP contribution in [0.1, 0.15) is 43.5 Å². The summed E-state index contributed by atoms with van der Waals surface area (Å²) in [7, 11) is 3.20. The van der Waals surface area contributed by atoms with E-state index in [9.17, 15) is 4.79 Å². The van der Waals surface area contributed by atoms with Gasteiger partial charge in [-0.1, -0.05) is 11.2 Å². The molecule has 1 atom stereocenters. The molecule has 0 aliphatic carbocycles. The van der Waals surface area contributed by atoms with Crippen molar-refractivity contribution in [3.63, 3.8) is 0 Å². The minimum absolute atomic E-state index is 0.0136. The summed E-state index contributed by atoms with van der Waals surface area (Å²) in [6.45, 7) is 6.20. The minimum Gasteiger partial charge on any atom is -0.495 e. The molecule has 1 aromatic heterocycles. The van der Waals surface area contributed by atoms with Crippen molar-refractivity contribution in [2.24, 2.45) is 0 Å². The second-order valence-corrected chi connectivity index (χ2v) is 6.75. The Balaban J connectivity index is 1.85. The van der Waals surface area contributed by atoms with Crippen molar-refractivity contribution in [2.75, 3.05) is 25.7 Å². The number of hydrogen-bond acceptors (Lipinski definition) is 6. The van der Waals surface area contributed by atoms with Gasteiger partial charge in [-0.15, -0.1) is 0 Å². The molecule has 25 heavy (non-hydrogen) atoms. The molecule has 2 heterocycles. The number of aromatic nitrogens is 2. The first-order chi connectivity index (χ1) is 11.9. The van der Waals surface area contributed by atoms with Gasteiger partial charge in [-0.2, -0.15) is 4.98 Å². The molecule has 0 unspecified atom stereocenters. The lowest BCUT2D eigenvalue weighted by molar-refractivity contribution is -0.117. The SMILES string of the molecule is COc1ccc(C)cc1N1C[C@H](c2nc(C(C)(C)OC)no2)CC1=O. The Labute approximate surface area is 146 Å². The molecule has 0 saturated carbocycles. The molecule has 0 N–H and O–H groups in total. The Hall–Kier alpha value is -2.41. The third-order valence-electron chi connectivity index (χ3n) is 4.59. The van der Waals surface area contributed by atoms with Gasteiger partial charge in [0.15, 0.2) is 0 Å². The van der Waals surface area contributed by atoms with Crippen LogP contribution in [0.2, 0.25) is 0 Å². The van der Waals surface area contributed by atoms with Gasteiger partial charge in [-0.3, -0.25) is 4.79 Å². The van der Waals surface area contributed by atoms with Crippen LogP contribution in [-0.2, 0) is 15.1 Å². The van der Waals surface area contributed by atoms with Crippen LogP contribution in [0, 0.1) is 6.92 Å². The normalized spacial score (nSPS) is 18.0. The van der Waals surface area contributed by atoms with Crippen molar-refractivity contribution < 1.29 is 18.8 Å². The maximum Gasteiger partial charge on any atom is 0.232 e. The number of aryl methyl sites for hydroxylation is 1. The monoisotopic (exact) mass is 345 g/mol. The molecule has 1 fully saturated rings. The quantitative estimate of drug-likeness (QED) is 0.829. The third kappa shape index (κ3) is 3.24. The summed E-state index contributed by atoms with van der Waals surface area (Å²) in [5.41, 5.74) is 1.20. The summed E-state index contributed by atoms with van der Waals surface area (Å²) in [6, 6.07) is 5.78. The molecule has 1 aliphatic rings. The van der Waals surface area contributed by atoms with Gasteiger partial charge >= 0.3 is 0 Å². The zero-order chi connectivity index (χ0) is 18.2. The van der Waals surface area contributed by atoms with E-state index in [1.54, 1.807) is 19.1 Å². The molecule has 1 amide bonds. The molecule has 7 nitrogen and oxygen atoms in total. The van der Waals surface area contributed by atoms with Crippen LogP contribution in [0.5, 0.6) is 5.75 Å². The van der Waals surface area contributed by atoms with Crippen molar-refractivity contribution in [3.8, 4) is 5.75 Å².